The molecule has 3 N–H and O–H groups in total. The van der Waals surface area contributed by atoms with Gasteiger partial charge in [0.2, 0.25) is 5.88 Å². The van der Waals surface area contributed by atoms with Crippen LogP contribution in [0.2, 0.25) is 0 Å². The van der Waals surface area contributed by atoms with Crippen LogP contribution in [0, 0.1) is 6.92 Å². The van der Waals surface area contributed by atoms with Gasteiger partial charge in [-0.2, -0.15) is 5.10 Å². The molecule has 202 valence electrons. The molecule has 0 spiro atoms. The lowest BCUT2D eigenvalue weighted by Gasteiger charge is -2.24. The predicted molar refractivity (Wildman–Crippen MR) is 160 cm³/mol. The average molecular weight is 507 g/mol. The summed E-state index contributed by atoms with van der Waals surface area (Å²) in [7, 11) is 2.11. The van der Waals surface area contributed by atoms with E-state index in [2.05, 4.69) is 83.3 Å². The molecule has 2 aromatic rings. The Kier molecular flexibility index (Phi) is 15.7. The van der Waals surface area contributed by atoms with Gasteiger partial charge in [-0.3, -0.25) is 5.43 Å². The standard InChI is InChI=1S/C19H29N3O.C9H11N3.C2H6/c1-5-11-22(6-2)18-14-16(3)20-19(15-18)23-13-10-17-9-7-8-12-21(17)4;1-11-12-9(7-10)8-5-3-2-4-6-8;1-2/h7-9,14-15H,5-6,10-13H2,1-4H3;2-7,12H,1,10H2;1-2H3/b;9-7+;. The number of rotatable bonds is 11. The van der Waals surface area contributed by atoms with Crippen molar-refractivity contribution >= 4 is 18.1 Å². The summed E-state index contributed by atoms with van der Waals surface area (Å²) in [6.07, 6.45) is 9.93. The maximum Gasteiger partial charge on any atom is 0.215 e. The van der Waals surface area contributed by atoms with Gasteiger partial charge in [-0.15, -0.1) is 0 Å². The number of pyridine rings is 1. The number of nitrogens with zero attached hydrogens (tertiary/aromatic N) is 4. The van der Waals surface area contributed by atoms with Gasteiger partial charge in [0.15, 0.2) is 0 Å². The monoisotopic (exact) mass is 506 g/mol. The molecule has 1 aromatic heterocycles. The normalized spacial score (nSPS) is 12.3. The van der Waals surface area contributed by atoms with Crippen molar-refractivity contribution in [3.8, 4) is 5.88 Å². The van der Waals surface area contributed by atoms with Crippen LogP contribution in [-0.2, 0) is 0 Å². The summed E-state index contributed by atoms with van der Waals surface area (Å²) in [5.74, 6) is 0.726. The van der Waals surface area contributed by atoms with E-state index in [1.807, 2.05) is 51.1 Å². The molecule has 0 radical (unpaired) electrons. The molecule has 0 bridgehead atoms. The third-order valence-electron chi connectivity index (χ3n) is 5.51. The SMILES string of the molecule is C=NN/C(=C/N)c1ccccc1.CC.CCCN(CC)c1cc(C)nc(OCCC2=CC=CCN2C)c1. The van der Waals surface area contributed by atoms with Crippen molar-refractivity contribution in [2.45, 2.75) is 47.5 Å². The molecule has 37 heavy (non-hydrogen) atoms. The number of hydrogen-bond donors (Lipinski definition) is 2. The van der Waals surface area contributed by atoms with E-state index in [9.17, 15) is 0 Å². The molecular weight excluding hydrogens is 460 g/mol. The molecule has 0 aliphatic carbocycles. The number of nitrogens with one attached hydrogen (secondary N) is 1. The summed E-state index contributed by atoms with van der Waals surface area (Å²) in [5, 5.41) is 3.53. The van der Waals surface area contributed by atoms with Crippen LogP contribution in [0.15, 0.2) is 77.7 Å². The number of anilines is 1. The third-order valence-corrected chi connectivity index (χ3v) is 5.51. The number of aryl methyl sites for hydroxylation is 1. The van der Waals surface area contributed by atoms with Crippen molar-refractivity contribution < 1.29 is 4.74 Å². The molecule has 7 heteroatoms. The third kappa shape index (κ3) is 11.2. The van der Waals surface area contributed by atoms with E-state index >= 15 is 0 Å². The number of benzene rings is 1. The fourth-order valence-electron chi connectivity index (χ4n) is 3.69. The van der Waals surface area contributed by atoms with Gasteiger partial charge in [-0.25, -0.2) is 4.98 Å². The lowest BCUT2D eigenvalue weighted by molar-refractivity contribution is 0.291. The topological polar surface area (TPSA) is 79.0 Å². The molecule has 0 saturated heterocycles. The van der Waals surface area contributed by atoms with Crippen molar-refractivity contribution in [3.05, 3.63) is 83.8 Å². The summed E-state index contributed by atoms with van der Waals surface area (Å²) < 4.78 is 5.92. The van der Waals surface area contributed by atoms with Crippen LogP contribution in [0.1, 0.15) is 51.8 Å². The largest absolute Gasteiger partial charge is 0.477 e. The van der Waals surface area contributed by atoms with Gasteiger partial charge in [0, 0.05) is 74.7 Å². The molecule has 1 aliphatic rings. The van der Waals surface area contributed by atoms with Gasteiger partial charge in [0.1, 0.15) is 0 Å². The Labute approximate surface area is 224 Å². The Morgan fingerprint density at radius 3 is 2.57 bits per heavy atom. The van der Waals surface area contributed by atoms with Crippen LogP contribution in [0.4, 0.5) is 5.69 Å². The van der Waals surface area contributed by atoms with E-state index in [1.165, 1.54) is 17.6 Å². The van der Waals surface area contributed by atoms with E-state index in [1.54, 1.807) is 0 Å². The summed E-state index contributed by atoms with van der Waals surface area (Å²) >= 11 is 0. The average Bonchev–Trinajstić information content (AvgIpc) is 2.93. The summed E-state index contributed by atoms with van der Waals surface area (Å²) in [6.45, 7) is 17.4. The predicted octanol–water partition coefficient (Wildman–Crippen LogP) is 5.96. The maximum atomic E-state index is 5.92. The quantitative estimate of drug-likeness (QED) is 0.289. The van der Waals surface area contributed by atoms with Gasteiger partial charge in [0.05, 0.1) is 12.3 Å². The van der Waals surface area contributed by atoms with Crippen molar-refractivity contribution in [2.75, 3.05) is 38.2 Å². The Morgan fingerprint density at radius 2 is 1.97 bits per heavy atom. The molecule has 3 rings (SSSR count). The Morgan fingerprint density at radius 1 is 1.24 bits per heavy atom. The van der Waals surface area contributed by atoms with Crippen LogP contribution in [0.5, 0.6) is 5.88 Å². The Hall–Kier alpha value is -3.74. The first-order valence-corrected chi connectivity index (χ1v) is 13.1. The van der Waals surface area contributed by atoms with Crippen molar-refractivity contribution in [1.82, 2.24) is 15.3 Å². The number of ether oxygens (including phenoxy) is 1. The summed E-state index contributed by atoms with van der Waals surface area (Å²) in [4.78, 5) is 9.13. The molecule has 0 amide bonds. The second-order valence-electron chi connectivity index (χ2n) is 8.17. The van der Waals surface area contributed by atoms with Crippen LogP contribution < -0.4 is 20.8 Å². The fraction of sp³-hybridized carbons (Fsp3) is 0.400. The smallest absolute Gasteiger partial charge is 0.215 e. The summed E-state index contributed by atoms with van der Waals surface area (Å²) in [6, 6.07) is 13.9. The van der Waals surface area contributed by atoms with Crippen LogP contribution in [-0.4, -0.2) is 49.9 Å². The van der Waals surface area contributed by atoms with Crippen LogP contribution in [0.3, 0.4) is 0 Å². The van der Waals surface area contributed by atoms with E-state index in [4.69, 9.17) is 10.5 Å². The first-order chi connectivity index (χ1) is 18.0. The zero-order valence-corrected chi connectivity index (χ0v) is 23.6. The fourth-order valence-corrected chi connectivity index (χ4v) is 3.69. The highest BCUT2D eigenvalue weighted by molar-refractivity contribution is 5.63. The van der Waals surface area contributed by atoms with Crippen molar-refractivity contribution in [3.63, 3.8) is 0 Å². The molecule has 0 unspecified atom stereocenters. The molecule has 1 aromatic carbocycles. The Bertz CT molecular complexity index is 1000. The number of likely N-dealkylation sites (N-methyl/N-ethyl adjacent to an activating group) is 1. The number of hydrogen-bond acceptors (Lipinski definition) is 7. The lowest BCUT2D eigenvalue weighted by Crippen LogP contribution is -2.23. The van der Waals surface area contributed by atoms with E-state index in [0.29, 0.717) is 6.61 Å². The van der Waals surface area contributed by atoms with Gasteiger partial charge in [0.25, 0.3) is 0 Å². The van der Waals surface area contributed by atoms with E-state index < -0.39 is 0 Å². The maximum absolute atomic E-state index is 5.92. The number of allylic oxidation sites excluding steroid dienone is 2. The minimum Gasteiger partial charge on any atom is -0.477 e. The van der Waals surface area contributed by atoms with Gasteiger partial charge in [-0.1, -0.05) is 63.3 Å². The minimum absolute atomic E-state index is 0.653. The zero-order chi connectivity index (χ0) is 27.5. The van der Waals surface area contributed by atoms with Crippen LogP contribution in [0.25, 0.3) is 5.70 Å². The lowest BCUT2D eigenvalue weighted by atomic mass is 10.2. The second kappa shape index (κ2) is 18.5. The molecule has 0 saturated carbocycles. The van der Waals surface area contributed by atoms with Crippen LogP contribution >= 0.6 is 0 Å². The first kappa shape index (κ1) is 31.3. The zero-order valence-electron chi connectivity index (χ0n) is 23.6. The van der Waals surface area contributed by atoms with Gasteiger partial charge >= 0.3 is 0 Å². The van der Waals surface area contributed by atoms with E-state index in [-0.39, 0.29) is 0 Å². The molecule has 7 nitrogen and oxygen atoms in total. The highest BCUT2D eigenvalue weighted by Crippen LogP contribution is 2.22. The van der Waals surface area contributed by atoms with Crippen molar-refractivity contribution in [2.24, 2.45) is 10.8 Å². The highest BCUT2D eigenvalue weighted by Gasteiger charge is 2.09. The number of aromatic nitrogens is 1. The molecule has 1 aliphatic heterocycles. The number of hydrazone groups is 1. The minimum atomic E-state index is 0.653. The highest BCUT2D eigenvalue weighted by atomic mass is 16.5. The Balaban J connectivity index is 0.000000411. The second-order valence-corrected chi connectivity index (χ2v) is 8.17. The van der Waals surface area contributed by atoms with E-state index in [0.717, 1.165) is 55.3 Å². The van der Waals surface area contributed by atoms with Gasteiger partial charge in [-0.05, 0) is 32.4 Å². The molecule has 0 fully saturated rings. The number of nitrogens with two attached hydrogens (primary N) is 1. The first-order valence-electron chi connectivity index (χ1n) is 13.1. The molecule has 0 atom stereocenters. The summed E-state index contributed by atoms with van der Waals surface area (Å²) in [5.41, 5.74) is 13.3. The molecule has 2 heterocycles. The van der Waals surface area contributed by atoms with Gasteiger partial charge < -0.3 is 20.3 Å². The molecular formula is C30H46N6O. The van der Waals surface area contributed by atoms with Crippen molar-refractivity contribution in [1.29, 1.82) is 0 Å².